The van der Waals surface area contributed by atoms with Crippen LogP contribution in [-0.4, -0.2) is 13.4 Å². The van der Waals surface area contributed by atoms with Gasteiger partial charge in [0.15, 0.2) is 163 Å². The lowest BCUT2D eigenvalue weighted by molar-refractivity contribution is 0.376. The molecule has 0 atom stereocenters. The van der Waals surface area contributed by atoms with Crippen LogP contribution in [0.25, 0.3) is 22.1 Å². The second-order valence-corrected chi connectivity index (χ2v) is 18.6. The van der Waals surface area contributed by atoms with Crippen molar-refractivity contribution in [3.63, 3.8) is 0 Å². The molecule has 0 nitrogen and oxygen atoms in total. The molecule has 0 saturated heterocycles. The molecule has 0 heterocycles. The van der Waals surface area contributed by atoms with Gasteiger partial charge in [0.05, 0.1) is 0 Å². The van der Waals surface area contributed by atoms with Gasteiger partial charge in [0, 0.05) is 38.4 Å². The molecular formula is C55H14B2F30. The zero-order chi connectivity index (χ0) is 64.4. The van der Waals surface area contributed by atoms with Crippen molar-refractivity contribution in [2.24, 2.45) is 0 Å². The van der Waals surface area contributed by atoms with Gasteiger partial charge in [0.1, 0.15) is 0 Å². The third kappa shape index (κ3) is 9.27. The van der Waals surface area contributed by atoms with Crippen LogP contribution in [-0.2, 0) is 5.41 Å². The van der Waals surface area contributed by atoms with Crippen LogP contribution in [0.5, 0.6) is 0 Å². The summed E-state index contributed by atoms with van der Waals surface area (Å²) < 4.78 is 469. The van der Waals surface area contributed by atoms with E-state index in [2.05, 4.69) is 0 Å². The fraction of sp³-hybridized carbons (Fsp3) is 0.0545. The number of benzene rings is 8. The third-order valence-electron chi connectivity index (χ3n) is 14.3. The molecule has 0 amide bonds. The third-order valence-corrected chi connectivity index (χ3v) is 14.3. The number of hydrogen-bond donors (Lipinski definition) is 0. The van der Waals surface area contributed by atoms with Gasteiger partial charge >= 0.3 is 0 Å². The van der Waals surface area contributed by atoms with Crippen molar-refractivity contribution in [2.75, 3.05) is 0 Å². The van der Waals surface area contributed by atoms with Crippen molar-refractivity contribution in [1.82, 2.24) is 0 Å². The molecule has 1 aliphatic rings. The Balaban J connectivity index is 1.52. The van der Waals surface area contributed by atoms with Crippen LogP contribution in [0.1, 0.15) is 35.1 Å². The number of rotatable bonds is 12. The minimum Gasteiger partial charge on any atom is -0.204 e. The summed E-state index contributed by atoms with van der Waals surface area (Å²) in [5.74, 6) is -99.0. The topological polar surface area (TPSA) is 0 Å². The van der Waals surface area contributed by atoms with Crippen LogP contribution in [0, 0.1) is 175 Å². The van der Waals surface area contributed by atoms with Gasteiger partial charge in [0.2, 0.25) is 11.6 Å². The van der Waals surface area contributed by atoms with Crippen LogP contribution < -0.4 is 21.9 Å². The van der Waals surface area contributed by atoms with Gasteiger partial charge in [-0.2, -0.15) is 0 Å². The van der Waals surface area contributed by atoms with Crippen LogP contribution >= 0.6 is 0 Å². The van der Waals surface area contributed by atoms with Crippen LogP contribution in [0.15, 0.2) is 60.7 Å². The molecule has 0 radical (unpaired) electrons. The van der Waals surface area contributed by atoms with Gasteiger partial charge < -0.3 is 0 Å². The molecule has 0 spiro atoms. The fourth-order valence-corrected chi connectivity index (χ4v) is 10.4. The first-order valence-electron chi connectivity index (χ1n) is 23.4. The standard InChI is InChI=1S/C55H14B2F30/c58-25-19(26(59)38(71)49(82)37(25)70)17(56(21-29(62)41(74)51(84)42(75)30(21)63)22-31(64)43(76)52(85)44(77)32(22)65)9-11-55(15-7-3-1-5-13(15)14-6-2-4-8-16(14)55)12-10-18(20-27(60)39(72)50(83)40(73)28(20)61)57(23-33(66)45(78)53(86)46(79)34(23)67)24-35(68)47(80)54(87)48(81)36(24)69/h1-10H,11-12H2/b17-9+,18-10+. The first-order chi connectivity index (χ1) is 40.7. The van der Waals surface area contributed by atoms with Crippen LogP contribution in [0.4, 0.5) is 132 Å². The summed E-state index contributed by atoms with van der Waals surface area (Å²) in [6.45, 7) is -8.72. The van der Waals surface area contributed by atoms with Crippen molar-refractivity contribution in [2.45, 2.75) is 18.3 Å². The van der Waals surface area contributed by atoms with E-state index in [1.165, 1.54) is 0 Å². The highest BCUT2D eigenvalue weighted by Gasteiger charge is 2.49. The number of halogens is 30. The highest BCUT2D eigenvalue weighted by atomic mass is 19.2. The molecule has 0 aliphatic heterocycles. The summed E-state index contributed by atoms with van der Waals surface area (Å²) >= 11 is 0. The molecule has 8 aromatic rings. The van der Waals surface area contributed by atoms with Gasteiger partial charge in [-0.1, -0.05) is 71.6 Å². The van der Waals surface area contributed by atoms with Crippen molar-refractivity contribution in [3.8, 4) is 11.1 Å². The largest absolute Gasteiger partial charge is 0.257 e. The minimum atomic E-state index is -4.36. The molecule has 0 saturated carbocycles. The normalized spacial score (nSPS) is 13.0. The molecule has 32 heteroatoms. The van der Waals surface area contributed by atoms with E-state index in [1.54, 1.807) is 0 Å². The fourth-order valence-electron chi connectivity index (χ4n) is 10.4. The van der Waals surface area contributed by atoms with Crippen molar-refractivity contribution in [1.29, 1.82) is 0 Å². The van der Waals surface area contributed by atoms with E-state index in [4.69, 9.17) is 0 Å². The Bertz CT molecular complexity index is 3790. The molecule has 0 unspecified atom stereocenters. The summed E-state index contributed by atoms with van der Waals surface area (Å²) in [7, 11) is 0. The van der Waals surface area contributed by atoms with E-state index in [-0.39, 0.29) is 23.3 Å². The summed E-state index contributed by atoms with van der Waals surface area (Å²) in [5.41, 5.74) is -27.6. The van der Waals surface area contributed by atoms with Crippen molar-refractivity contribution >= 4 is 46.2 Å². The lowest BCUT2D eigenvalue weighted by Crippen LogP contribution is -2.52. The second kappa shape index (κ2) is 22.5. The molecule has 8 aromatic carbocycles. The maximum Gasteiger partial charge on any atom is 0.257 e. The molecule has 0 N–H and O–H groups in total. The molecule has 0 fully saturated rings. The van der Waals surface area contributed by atoms with Crippen molar-refractivity contribution < 1.29 is 132 Å². The molecule has 450 valence electrons. The Hall–Kier alpha value is -8.73. The lowest BCUT2D eigenvalue weighted by Gasteiger charge is -2.33. The maximum atomic E-state index is 16.5. The van der Waals surface area contributed by atoms with E-state index < -0.39 is 261 Å². The Morgan fingerprint density at radius 3 is 0.621 bits per heavy atom. The monoisotopic (exact) mass is 1270 g/mol. The first-order valence-corrected chi connectivity index (χ1v) is 23.4. The Labute approximate surface area is 464 Å². The average Bonchev–Trinajstić information content (AvgIpc) is 1.73. The highest BCUT2D eigenvalue weighted by Crippen LogP contribution is 2.54. The minimum absolute atomic E-state index is 0.296. The van der Waals surface area contributed by atoms with Gasteiger partial charge in [0.25, 0.3) is 13.4 Å². The zero-order valence-corrected chi connectivity index (χ0v) is 41.2. The summed E-state index contributed by atoms with van der Waals surface area (Å²) in [6, 6.07) is 7.76. The SMILES string of the molecule is Fc1c(F)c(F)c(B(/C(=C/CC2(C/C=C(/B(c3c(F)c(F)c(F)c(F)c3F)c3c(F)c(F)c(F)c(F)c3F)c3c(F)c(F)c(F)c(F)c3F)c3ccccc3-c3ccccc32)c2c(F)c(F)c(F)c(F)c2F)c2c(F)c(F)c(F)c(F)c2F)c(F)c1F. The molecule has 0 aromatic heterocycles. The Morgan fingerprint density at radius 1 is 0.241 bits per heavy atom. The van der Waals surface area contributed by atoms with Gasteiger partial charge in [-0.25, -0.2) is 132 Å². The van der Waals surface area contributed by atoms with E-state index in [9.17, 15) is 26.3 Å². The Kier molecular flexibility index (Phi) is 16.3. The van der Waals surface area contributed by atoms with Gasteiger partial charge in [-0.15, -0.1) is 0 Å². The van der Waals surface area contributed by atoms with Crippen molar-refractivity contribution in [3.05, 3.63) is 257 Å². The van der Waals surface area contributed by atoms with Gasteiger partial charge in [-0.05, 0) is 35.1 Å². The van der Waals surface area contributed by atoms with E-state index in [0.717, 1.165) is 48.5 Å². The summed E-state index contributed by atoms with van der Waals surface area (Å²) in [6.07, 6.45) is -4.41. The predicted molar refractivity (Wildman–Crippen MR) is 245 cm³/mol. The first kappa shape index (κ1) is 62.8. The average molecular weight is 1270 g/mol. The Morgan fingerprint density at radius 2 is 0.414 bits per heavy atom. The maximum absolute atomic E-state index is 16.5. The summed E-state index contributed by atoms with van der Waals surface area (Å²) in [5, 5.41) is 0. The molecular weight excluding hydrogens is 1250 g/mol. The van der Waals surface area contributed by atoms with E-state index in [0.29, 0.717) is 0 Å². The molecule has 87 heavy (non-hydrogen) atoms. The zero-order valence-electron chi connectivity index (χ0n) is 41.2. The number of fused-ring (bicyclic) bond motifs is 3. The highest BCUT2D eigenvalue weighted by molar-refractivity contribution is 7.00. The molecule has 0 bridgehead atoms. The smallest absolute Gasteiger partial charge is 0.204 e. The predicted octanol–water partition coefficient (Wildman–Crippen LogP) is 14.8. The lowest BCUT2D eigenvalue weighted by atomic mass is 9.34. The van der Waals surface area contributed by atoms with E-state index >= 15 is 105 Å². The van der Waals surface area contributed by atoms with Gasteiger partial charge in [-0.3, -0.25) is 0 Å². The number of allylic oxidation sites excluding steroid dienone is 2. The van der Waals surface area contributed by atoms with Crippen LogP contribution in [0.3, 0.4) is 0 Å². The quantitative estimate of drug-likeness (QED) is 0.0495. The van der Waals surface area contributed by atoms with Crippen LogP contribution in [0.2, 0.25) is 0 Å². The second-order valence-electron chi connectivity index (χ2n) is 18.6. The van der Waals surface area contributed by atoms with E-state index in [1.807, 2.05) is 0 Å². The molecule has 1 aliphatic carbocycles. The summed E-state index contributed by atoms with van der Waals surface area (Å²) in [4.78, 5) is 0. The number of hydrogen-bond acceptors (Lipinski definition) is 0. The molecule has 9 rings (SSSR count).